The summed E-state index contributed by atoms with van der Waals surface area (Å²) in [4.78, 5) is 15.9. The van der Waals surface area contributed by atoms with Crippen LogP contribution in [0.5, 0.6) is 5.75 Å². The lowest BCUT2D eigenvalue weighted by Gasteiger charge is -2.05. The highest BCUT2D eigenvalue weighted by molar-refractivity contribution is 14.1. The third-order valence-electron chi connectivity index (χ3n) is 2.12. The van der Waals surface area contributed by atoms with Gasteiger partial charge in [-0.2, -0.15) is 0 Å². The number of aromatic nitrogens is 1. The molecule has 0 aliphatic heterocycles. The fourth-order valence-electron chi connectivity index (χ4n) is 1.30. The molecule has 2 N–H and O–H groups in total. The van der Waals surface area contributed by atoms with Gasteiger partial charge in [0.2, 0.25) is 0 Å². The van der Waals surface area contributed by atoms with Crippen molar-refractivity contribution in [1.29, 1.82) is 0 Å². The predicted molar refractivity (Wildman–Crippen MR) is 73.0 cm³/mol. The molecule has 2 aromatic rings. The molecule has 0 fully saturated rings. The second kappa shape index (κ2) is 5.13. The molecule has 1 aromatic carbocycles. The van der Waals surface area contributed by atoms with E-state index in [4.69, 9.17) is 0 Å². The smallest absolute Gasteiger partial charge is 0.260 e. The molecule has 1 amide bonds. The third kappa shape index (κ3) is 2.94. The number of hydrogen-bond acceptors (Lipinski definition) is 3. The molecule has 2 rings (SSSR count). The molecule has 1 heterocycles. The molecule has 0 spiro atoms. The van der Waals surface area contributed by atoms with Crippen LogP contribution in [-0.4, -0.2) is 16.0 Å². The van der Waals surface area contributed by atoms with Gasteiger partial charge in [0.1, 0.15) is 11.6 Å². The number of nitrogens with zero attached hydrogens (tertiary/aromatic N) is 1. The molecule has 0 atom stereocenters. The van der Waals surface area contributed by atoms with E-state index < -0.39 is 0 Å². The minimum Gasteiger partial charge on any atom is -0.507 e. The van der Waals surface area contributed by atoms with Crippen LogP contribution < -0.4 is 5.32 Å². The van der Waals surface area contributed by atoms with Crippen molar-refractivity contribution in [2.45, 2.75) is 0 Å². The molecule has 5 heteroatoms. The van der Waals surface area contributed by atoms with Crippen molar-refractivity contribution >= 4 is 34.3 Å². The fourth-order valence-corrected chi connectivity index (χ4v) is 1.62. The van der Waals surface area contributed by atoms with E-state index in [9.17, 15) is 9.90 Å². The molecule has 0 bridgehead atoms. The van der Waals surface area contributed by atoms with Crippen molar-refractivity contribution in [3.63, 3.8) is 0 Å². The number of nitrogens with one attached hydrogen (secondary N) is 1. The van der Waals surface area contributed by atoms with E-state index in [2.05, 4.69) is 32.9 Å². The number of hydrogen-bond donors (Lipinski definition) is 2. The number of carbonyl (C=O) groups is 1. The second-order valence-electron chi connectivity index (χ2n) is 3.33. The van der Waals surface area contributed by atoms with Crippen LogP contribution in [0.2, 0.25) is 0 Å². The number of anilines is 1. The van der Waals surface area contributed by atoms with E-state index in [1.807, 2.05) is 6.07 Å². The molecule has 0 radical (unpaired) electrons. The summed E-state index contributed by atoms with van der Waals surface area (Å²) in [6.07, 6.45) is 1.65. The van der Waals surface area contributed by atoms with Gasteiger partial charge in [-0.1, -0.05) is 12.1 Å². The standard InChI is InChI=1S/C12H9IN2O2/c13-8-5-6-11(14-7-8)15-12(17)9-3-1-2-4-10(9)16/h1-7,16H,(H,14,15,17). The first-order chi connectivity index (χ1) is 8.16. The highest BCUT2D eigenvalue weighted by Gasteiger charge is 2.10. The second-order valence-corrected chi connectivity index (χ2v) is 4.58. The maximum atomic E-state index is 11.8. The van der Waals surface area contributed by atoms with E-state index in [1.54, 1.807) is 30.5 Å². The minimum absolute atomic E-state index is 0.0458. The lowest BCUT2D eigenvalue weighted by Crippen LogP contribution is -2.12. The Kier molecular flexibility index (Phi) is 3.58. The highest BCUT2D eigenvalue weighted by atomic mass is 127. The van der Waals surface area contributed by atoms with Gasteiger partial charge in [0.15, 0.2) is 0 Å². The van der Waals surface area contributed by atoms with Crippen molar-refractivity contribution in [3.05, 3.63) is 51.7 Å². The van der Waals surface area contributed by atoms with Gasteiger partial charge < -0.3 is 10.4 Å². The molecule has 0 saturated carbocycles. The van der Waals surface area contributed by atoms with Crippen LogP contribution in [0, 0.1) is 3.57 Å². The Morgan fingerprint density at radius 1 is 1.24 bits per heavy atom. The maximum Gasteiger partial charge on any atom is 0.260 e. The first-order valence-corrected chi connectivity index (χ1v) is 5.95. The van der Waals surface area contributed by atoms with Crippen molar-refractivity contribution in [2.75, 3.05) is 5.32 Å². The number of halogens is 1. The topological polar surface area (TPSA) is 62.2 Å². The van der Waals surface area contributed by atoms with Gasteiger partial charge in [0.25, 0.3) is 5.91 Å². The molecule has 0 saturated heterocycles. The van der Waals surface area contributed by atoms with E-state index in [0.717, 1.165) is 3.57 Å². The minimum atomic E-state index is -0.378. The Morgan fingerprint density at radius 2 is 2.00 bits per heavy atom. The molecular formula is C12H9IN2O2. The predicted octanol–water partition coefficient (Wildman–Crippen LogP) is 2.64. The van der Waals surface area contributed by atoms with Gasteiger partial charge in [0.05, 0.1) is 5.56 Å². The van der Waals surface area contributed by atoms with Crippen molar-refractivity contribution in [1.82, 2.24) is 4.98 Å². The first-order valence-electron chi connectivity index (χ1n) is 4.88. The Morgan fingerprint density at radius 3 is 2.65 bits per heavy atom. The van der Waals surface area contributed by atoms with Gasteiger partial charge in [-0.05, 0) is 46.9 Å². The van der Waals surface area contributed by atoms with E-state index in [0.29, 0.717) is 5.82 Å². The van der Waals surface area contributed by atoms with Gasteiger partial charge in [-0.3, -0.25) is 4.79 Å². The summed E-state index contributed by atoms with van der Waals surface area (Å²) in [6.45, 7) is 0. The fraction of sp³-hybridized carbons (Fsp3) is 0. The molecule has 4 nitrogen and oxygen atoms in total. The zero-order valence-corrected chi connectivity index (χ0v) is 10.9. The molecular weight excluding hydrogens is 331 g/mol. The maximum absolute atomic E-state index is 11.8. The van der Waals surface area contributed by atoms with Crippen molar-refractivity contribution < 1.29 is 9.90 Å². The van der Waals surface area contributed by atoms with Gasteiger partial charge in [0, 0.05) is 9.77 Å². The van der Waals surface area contributed by atoms with Crippen LogP contribution in [0.3, 0.4) is 0 Å². The normalized spacial score (nSPS) is 9.94. The van der Waals surface area contributed by atoms with Crippen LogP contribution in [0.15, 0.2) is 42.6 Å². The summed E-state index contributed by atoms with van der Waals surface area (Å²) in [6, 6.07) is 9.92. The van der Waals surface area contributed by atoms with Gasteiger partial charge in [-0.25, -0.2) is 4.98 Å². The quantitative estimate of drug-likeness (QED) is 0.827. The average Bonchev–Trinajstić information content (AvgIpc) is 2.32. The number of phenolic OH excluding ortho intramolecular Hbond substituents is 1. The zero-order chi connectivity index (χ0) is 12.3. The molecule has 0 unspecified atom stereocenters. The summed E-state index contributed by atoms with van der Waals surface area (Å²) in [7, 11) is 0. The summed E-state index contributed by atoms with van der Waals surface area (Å²) < 4.78 is 0.989. The van der Waals surface area contributed by atoms with E-state index in [1.165, 1.54) is 6.07 Å². The van der Waals surface area contributed by atoms with Crippen molar-refractivity contribution in [3.8, 4) is 5.75 Å². The molecule has 0 aliphatic rings. The molecule has 0 aliphatic carbocycles. The summed E-state index contributed by atoms with van der Waals surface area (Å²) in [5, 5.41) is 12.1. The van der Waals surface area contributed by atoms with E-state index >= 15 is 0 Å². The Bertz CT molecular complexity index is 540. The SMILES string of the molecule is O=C(Nc1ccc(I)cn1)c1ccccc1O. The third-order valence-corrected chi connectivity index (χ3v) is 2.76. The van der Waals surface area contributed by atoms with Gasteiger partial charge >= 0.3 is 0 Å². The average molecular weight is 340 g/mol. The molecule has 86 valence electrons. The molecule has 1 aromatic heterocycles. The number of rotatable bonds is 2. The Balaban J connectivity index is 2.17. The van der Waals surface area contributed by atoms with Crippen LogP contribution in [0.4, 0.5) is 5.82 Å². The first kappa shape index (κ1) is 11.8. The van der Waals surface area contributed by atoms with Gasteiger partial charge in [-0.15, -0.1) is 0 Å². The van der Waals surface area contributed by atoms with Crippen LogP contribution in [0.1, 0.15) is 10.4 Å². The number of amides is 1. The number of phenols is 1. The van der Waals surface area contributed by atoms with Crippen molar-refractivity contribution in [2.24, 2.45) is 0 Å². The zero-order valence-electron chi connectivity index (χ0n) is 8.72. The highest BCUT2D eigenvalue weighted by Crippen LogP contribution is 2.17. The van der Waals surface area contributed by atoms with Crippen LogP contribution in [0.25, 0.3) is 0 Å². The number of benzene rings is 1. The largest absolute Gasteiger partial charge is 0.507 e. The van der Waals surface area contributed by atoms with Crippen LogP contribution >= 0.6 is 22.6 Å². The lowest BCUT2D eigenvalue weighted by atomic mass is 10.2. The Labute approximate surface area is 112 Å². The van der Waals surface area contributed by atoms with Crippen LogP contribution in [-0.2, 0) is 0 Å². The molecule has 17 heavy (non-hydrogen) atoms. The Hall–Kier alpha value is -1.63. The summed E-state index contributed by atoms with van der Waals surface area (Å²) in [5.74, 6) is 0.0333. The monoisotopic (exact) mass is 340 g/mol. The van der Waals surface area contributed by atoms with E-state index in [-0.39, 0.29) is 17.2 Å². The number of aromatic hydroxyl groups is 1. The summed E-state index contributed by atoms with van der Waals surface area (Å²) in [5.41, 5.74) is 0.229. The number of para-hydroxylation sites is 1. The number of carbonyl (C=O) groups excluding carboxylic acids is 1. The number of pyridine rings is 1. The summed E-state index contributed by atoms with van der Waals surface area (Å²) >= 11 is 2.13. The lowest BCUT2D eigenvalue weighted by molar-refractivity contribution is 0.102.